The fourth-order valence-corrected chi connectivity index (χ4v) is 2.31. The van der Waals surface area contributed by atoms with E-state index in [0.29, 0.717) is 12.2 Å². The molecule has 0 radical (unpaired) electrons. The standard InChI is InChI=1S/C17H15NO2/c1-2-20-16-10-6-9-15-14(16)11-13(17(19)18-15)12-7-4-3-5-8-12/h3-11H,2H2,1H3,(H,18,19). The maximum absolute atomic E-state index is 12.2. The van der Waals surface area contributed by atoms with Gasteiger partial charge in [-0.2, -0.15) is 0 Å². The van der Waals surface area contributed by atoms with Crippen LogP contribution in [0.5, 0.6) is 5.75 Å². The van der Waals surface area contributed by atoms with Gasteiger partial charge in [0.15, 0.2) is 0 Å². The molecule has 0 aliphatic carbocycles. The van der Waals surface area contributed by atoms with E-state index in [4.69, 9.17) is 4.74 Å². The van der Waals surface area contributed by atoms with Crippen LogP contribution < -0.4 is 10.3 Å². The summed E-state index contributed by atoms with van der Waals surface area (Å²) in [5.74, 6) is 0.790. The van der Waals surface area contributed by atoms with Crippen LogP contribution in [0.4, 0.5) is 0 Å². The molecule has 0 saturated carbocycles. The lowest BCUT2D eigenvalue weighted by Gasteiger charge is -2.09. The topological polar surface area (TPSA) is 42.1 Å². The highest BCUT2D eigenvalue weighted by Crippen LogP contribution is 2.26. The van der Waals surface area contributed by atoms with Crippen molar-refractivity contribution < 1.29 is 4.74 Å². The lowest BCUT2D eigenvalue weighted by atomic mass is 10.0. The van der Waals surface area contributed by atoms with Crippen molar-refractivity contribution in [3.63, 3.8) is 0 Å². The quantitative estimate of drug-likeness (QED) is 0.786. The van der Waals surface area contributed by atoms with E-state index >= 15 is 0 Å². The summed E-state index contributed by atoms with van der Waals surface area (Å²) in [5, 5.41) is 0.924. The van der Waals surface area contributed by atoms with Gasteiger partial charge in [0, 0.05) is 10.9 Å². The van der Waals surface area contributed by atoms with E-state index < -0.39 is 0 Å². The monoisotopic (exact) mass is 265 g/mol. The van der Waals surface area contributed by atoms with Crippen LogP contribution >= 0.6 is 0 Å². The van der Waals surface area contributed by atoms with Gasteiger partial charge in [0.05, 0.1) is 12.1 Å². The van der Waals surface area contributed by atoms with Gasteiger partial charge in [0.25, 0.3) is 5.56 Å². The summed E-state index contributed by atoms with van der Waals surface area (Å²) in [5.41, 5.74) is 2.27. The van der Waals surface area contributed by atoms with Gasteiger partial charge < -0.3 is 9.72 Å². The molecule has 3 rings (SSSR count). The lowest BCUT2D eigenvalue weighted by molar-refractivity contribution is 0.344. The van der Waals surface area contributed by atoms with Crippen LogP contribution in [0.2, 0.25) is 0 Å². The molecule has 3 nitrogen and oxygen atoms in total. The van der Waals surface area contributed by atoms with Crippen molar-refractivity contribution in [3.05, 3.63) is 65.0 Å². The third-order valence-electron chi connectivity index (χ3n) is 3.23. The molecule has 0 aliphatic rings. The highest BCUT2D eigenvalue weighted by atomic mass is 16.5. The van der Waals surface area contributed by atoms with E-state index in [1.165, 1.54) is 0 Å². The Morgan fingerprint density at radius 1 is 1.05 bits per heavy atom. The Labute approximate surface area is 116 Å². The zero-order valence-electron chi connectivity index (χ0n) is 11.2. The molecule has 0 bridgehead atoms. The Morgan fingerprint density at radius 3 is 2.60 bits per heavy atom. The smallest absolute Gasteiger partial charge is 0.256 e. The molecule has 100 valence electrons. The Balaban J connectivity index is 2.27. The van der Waals surface area contributed by atoms with Gasteiger partial charge in [0.2, 0.25) is 0 Å². The second-order valence-electron chi connectivity index (χ2n) is 4.53. The van der Waals surface area contributed by atoms with Crippen LogP contribution in [-0.4, -0.2) is 11.6 Å². The molecule has 0 fully saturated rings. The average Bonchev–Trinajstić information content (AvgIpc) is 2.48. The van der Waals surface area contributed by atoms with Crippen LogP contribution in [0.15, 0.2) is 59.4 Å². The number of nitrogens with one attached hydrogen (secondary N) is 1. The zero-order chi connectivity index (χ0) is 13.9. The highest BCUT2D eigenvalue weighted by molar-refractivity contribution is 5.88. The van der Waals surface area contributed by atoms with Gasteiger partial charge in [-0.1, -0.05) is 36.4 Å². The number of hydrogen-bond donors (Lipinski definition) is 1. The van der Waals surface area contributed by atoms with Crippen molar-refractivity contribution in [3.8, 4) is 16.9 Å². The fourth-order valence-electron chi connectivity index (χ4n) is 2.31. The van der Waals surface area contributed by atoms with E-state index in [-0.39, 0.29) is 5.56 Å². The van der Waals surface area contributed by atoms with Crippen molar-refractivity contribution in [2.45, 2.75) is 6.92 Å². The van der Waals surface area contributed by atoms with Crippen LogP contribution in [-0.2, 0) is 0 Å². The summed E-state index contributed by atoms with van der Waals surface area (Å²) in [7, 11) is 0. The van der Waals surface area contributed by atoms with E-state index in [0.717, 1.165) is 22.2 Å². The summed E-state index contributed by atoms with van der Waals surface area (Å²) < 4.78 is 5.63. The Bertz CT molecular complexity index is 791. The molecule has 0 saturated heterocycles. The van der Waals surface area contributed by atoms with Crippen LogP contribution in [0.3, 0.4) is 0 Å². The Morgan fingerprint density at radius 2 is 1.85 bits per heavy atom. The molecule has 3 heteroatoms. The molecule has 1 N–H and O–H groups in total. The minimum atomic E-state index is -0.0858. The molecule has 20 heavy (non-hydrogen) atoms. The van der Waals surface area contributed by atoms with E-state index in [1.54, 1.807) is 0 Å². The number of aromatic amines is 1. The van der Waals surface area contributed by atoms with Crippen molar-refractivity contribution in [1.82, 2.24) is 4.98 Å². The first kappa shape index (κ1) is 12.5. The van der Waals surface area contributed by atoms with Gasteiger partial charge in [-0.25, -0.2) is 0 Å². The molecule has 2 aromatic carbocycles. The molecule has 0 amide bonds. The number of pyridine rings is 1. The van der Waals surface area contributed by atoms with Crippen molar-refractivity contribution in [1.29, 1.82) is 0 Å². The van der Waals surface area contributed by atoms with Crippen LogP contribution in [0, 0.1) is 0 Å². The molecule has 0 unspecified atom stereocenters. The second-order valence-corrected chi connectivity index (χ2v) is 4.53. The average molecular weight is 265 g/mol. The number of aromatic nitrogens is 1. The number of H-pyrrole nitrogens is 1. The summed E-state index contributed by atoms with van der Waals surface area (Å²) in [6.07, 6.45) is 0. The van der Waals surface area contributed by atoms with Gasteiger partial charge in [-0.3, -0.25) is 4.79 Å². The zero-order valence-corrected chi connectivity index (χ0v) is 11.2. The maximum Gasteiger partial charge on any atom is 0.256 e. The first-order valence-electron chi connectivity index (χ1n) is 6.64. The number of hydrogen-bond acceptors (Lipinski definition) is 2. The van der Waals surface area contributed by atoms with Gasteiger partial charge in [-0.15, -0.1) is 0 Å². The minimum absolute atomic E-state index is 0.0858. The predicted molar refractivity (Wildman–Crippen MR) is 81.2 cm³/mol. The summed E-state index contributed by atoms with van der Waals surface area (Å²) >= 11 is 0. The number of benzene rings is 2. The maximum atomic E-state index is 12.2. The van der Waals surface area contributed by atoms with Crippen LogP contribution in [0.25, 0.3) is 22.0 Å². The number of ether oxygens (including phenoxy) is 1. The third kappa shape index (κ3) is 2.18. The molecular weight excluding hydrogens is 250 g/mol. The van der Waals surface area contributed by atoms with Crippen molar-refractivity contribution in [2.24, 2.45) is 0 Å². The Kier molecular flexibility index (Phi) is 3.25. The van der Waals surface area contributed by atoms with E-state index in [1.807, 2.05) is 61.5 Å². The highest BCUT2D eigenvalue weighted by Gasteiger charge is 2.08. The number of rotatable bonds is 3. The molecule has 0 atom stereocenters. The summed E-state index contributed by atoms with van der Waals surface area (Å²) in [6.45, 7) is 2.54. The summed E-state index contributed by atoms with van der Waals surface area (Å²) in [4.78, 5) is 15.1. The largest absolute Gasteiger partial charge is 0.493 e. The fraction of sp³-hybridized carbons (Fsp3) is 0.118. The SMILES string of the molecule is CCOc1cccc2[nH]c(=O)c(-c3ccccc3)cc12. The molecule has 3 aromatic rings. The van der Waals surface area contributed by atoms with Crippen molar-refractivity contribution >= 4 is 10.9 Å². The summed E-state index contributed by atoms with van der Waals surface area (Å²) in [6, 6.07) is 17.2. The van der Waals surface area contributed by atoms with Gasteiger partial charge in [0.1, 0.15) is 5.75 Å². The molecule has 0 spiro atoms. The lowest BCUT2D eigenvalue weighted by Crippen LogP contribution is -2.09. The molecule has 1 heterocycles. The minimum Gasteiger partial charge on any atom is -0.493 e. The van der Waals surface area contributed by atoms with E-state index in [9.17, 15) is 4.79 Å². The molecule has 1 aromatic heterocycles. The first-order valence-corrected chi connectivity index (χ1v) is 6.64. The molecule has 0 aliphatic heterocycles. The van der Waals surface area contributed by atoms with Crippen LogP contribution in [0.1, 0.15) is 6.92 Å². The third-order valence-corrected chi connectivity index (χ3v) is 3.23. The molecular formula is C17H15NO2. The van der Waals surface area contributed by atoms with Gasteiger partial charge in [-0.05, 0) is 30.7 Å². The number of fused-ring (bicyclic) bond motifs is 1. The van der Waals surface area contributed by atoms with Crippen molar-refractivity contribution in [2.75, 3.05) is 6.61 Å². The first-order chi connectivity index (χ1) is 9.79. The second kappa shape index (κ2) is 5.21. The van der Waals surface area contributed by atoms with Gasteiger partial charge >= 0.3 is 0 Å². The van der Waals surface area contributed by atoms with E-state index in [2.05, 4.69) is 4.98 Å². The Hall–Kier alpha value is -2.55. The predicted octanol–water partition coefficient (Wildman–Crippen LogP) is 3.59. The normalized spacial score (nSPS) is 10.7.